The maximum atomic E-state index is 14.4. The molecule has 2 saturated heterocycles. The van der Waals surface area contributed by atoms with Crippen LogP contribution in [0.2, 0.25) is 5.02 Å². The van der Waals surface area contributed by atoms with Gasteiger partial charge in [0.15, 0.2) is 0 Å². The number of nitrogens with zero attached hydrogens (tertiary/aromatic N) is 3. The summed E-state index contributed by atoms with van der Waals surface area (Å²) in [5, 5.41) is 22.5. The number of carbonyl (C=O) groups excluding carboxylic acids is 1. The van der Waals surface area contributed by atoms with Gasteiger partial charge in [0, 0.05) is 43.5 Å². The number of alkyl halides is 3. The normalized spacial score (nSPS) is 18.2. The quantitative estimate of drug-likeness (QED) is 0.133. The zero-order valence-corrected chi connectivity index (χ0v) is 30.0. The van der Waals surface area contributed by atoms with E-state index < -0.39 is 29.7 Å². The minimum absolute atomic E-state index is 0.0166. The molecule has 2 aliphatic rings. The first-order valence-electron chi connectivity index (χ1n) is 17.3. The smallest absolute Gasteiger partial charge is 0.417 e. The molecule has 0 spiro atoms. The summed E-state index contributed by atoms with van der Waals surface area (Å²) < 4.78 is 48.7. The molecule has 13 heteroatoms. The molecule has 0 saturated carbocycles. The molecule has 0 bridgehead atoms. The zero-order chi connectivity index (χ0) is 37.9. The number of carbonyl (C=O) groups is 2. The molecule has 0 unspecified atom stereocenters. The molecule has 9 nitrogen and oxygen atoms in total. The van der Waals surface area contributed by atoms with Gasteiger partial charge >= 0.3 is 12.1 Å². The van der Waals surface area contributed by atoms with Gasteiger partial charge in [0.1, 0.15) is 17.5 Å². The molecule has 2 fully saturated rings. The van der Waals surface area contributed by atoms with E-state index in [1.165, 1.54) is 19.3 Å². The number of hydrogen-bond acceptors (Lipinski definition) is 7. The van der Waals surface area contributed by atoms with Crippen molar-refractivity contribution in [3.05, 3.63) is 111 Å². The van der Waals surface area contributed by atoms with Crippen molar-refractivity contribution in [1.82, 2.24) is 14.8 Å². The summed E-state index contributed by atoms with van der Waals surface area (Å²) in [5.41, 5.74) is 3.57. The van der Waals surface area contributed by atoms with Gasteiger partial charge < -0.3 is 20.3 Å². The lowest BCUT2D eigenvalue weighted by atomic mass is 9.94. The SMILES string of the molecule is COc1cc(/C=C/c2cccc(-c3cccc(NC(=O)c4ccc(CN5CC[C@@H](O)C5)cn4)c3Cl)c2C)c(C(F)(F)F)cc1CN1CCC[C@H]1C(=O)O. The number of ether oxygens (including phenoxy) is 1. The van der Waals surface area contributed by atoms with E-state index in [0.717, 1.165) is 35.7 Å². The van der Waals surface area contributed by atoms with Crippen molar-refractivity contribution in [1.29, 1.82) is 0 Å². The first-order valence-corrected chi connectivity index (χ1v) is 17.7. The largest absolute Gasteiger partial charge is 0.496 e. The Morgan fingerprint density at radius 1 is 1.02 bits per heavy atom. The molecule has 0 radical (unpaired) electrons. The van der Waals surface area contributed by atoms with E-state index in [9.17, 15) is 33.0 Å². The summed E-state index contributed by atoms with van der Waals surface area (Å²) in [6, 6.07) is 15.7. The number of amides is 1. The number of anilines is 1. The average molecular weight is 749 g/mol. The molecule has 2 aliphatic heterocycles. The van der Waals surface area contributed by atoms with Crippen molar-refractivity contribution in [3.8, 4) is 16.9 Å². The molecule has 278 valence electrons. The number of rotatable bonds is 11. The Bertz CT molecular complexity index is 2020. The van der Waals surface area contributed by atoms with Crippen molar-refractivity contribution in [3.63, 3.8) is 0 Å². The number of aliphatic carboxylic acids is 1. The number of aliphatic hydroxyl groups is 1. The standard InChI is InChI=1S/C40H40ClF3N4O5/c1-24-26(12-13-27-19-36(53-2)28(18-32(27)40(42,43)44)22-48-16-5-10-35(48)39(51)52)6-3-7-30(24)31-8-4-9-33(37(31)41)46-38(50)34-14-11-25(20-45-34)21-47-17-15-29(49)23-47/h3-4,6-9,11-14,18-20,29,35,49H,5,10,15-17,21-23H2,1-2H3,(H,46,50)(H,51,52)/b13-12+/t29-,35+/m1/s1. The van der Waals surface area contributed by atoms with Crippen LogP contribution < -0.4 is 10.1 Å². The van der Waals surface area contributed by atoms with E-state index in [1.54, 1.807) is 53.6 Å². The second-order valence-electron chi connectivity index (χ2n) is 13.4. The van der Waals surface area contributed by atoms with E-state index in [1.807, 2.05) is 19.1 Å². The Kier molecular flexibility index (Phi) is 11.5. The fourth-order valence-electron chi connectivity index (χ4n) is 7.05. The van der Waals surface area contributed by atoms with E-state index in [4.69, 9.17) is 16.3 Å². The van der Waals surface area contributed by atoms with E-state index in [0.29, 0.717) is 49.3 Å². The van der Waals surface area contributed by atoms with Crippen molar-refractivity contribution in [2.75, 3.05) is 32.1 Å². The van der Waals surface area contributed by atoms with Crippen molar-refractivity contribution in [2.45, 2.75) is 57.6 Å². The van der Waals surface area contributed by atoms with Crippen molar-refractivity contribution in [2.24, 2.45) is 0 Å². The highest BCUT2D eigenvalue weighted by Gasteiger charge is 2.36. The molecular weight excluding hydrogens is 709 g/mol. The molecule has 3 N–H and O–H groups in total. The van der Waals surface area contributed by atoms with Crippen molar-refractivity contribution < 1.29 is 37.7 Å². The molecule has 53 heavy (non-hydrogen) atoms. The topological polar surface area (TPSA) is 115 Å². The lowest BCUT2D eigenvalue weighted by Crippen LogP contribution is -2.35. The monoisotopic (exact) mass is 748 g/mol. The number of pyridine rings is 1. The van der Waals surface area contributed by atoms with Crippen LogP contribution in [0.3, 0.4) is 0 Å². The number of halogens is 4. The molecule has 3 aromatic carbocycles. The van der Waals surface area contributed by atoms with Crippen molar-refractivity contribution >= 4 is 41.3 Å². The van der Waals surface area contributed by atoms with Gasteiger partial charge in [0.2, 0.25) is 0 Å². The number of carboxylic acid groups (broad SMARTS) is 1. The third-order valence-corrected chi connectivity index (χ3v) is 10.3. The van der Waals surface area contributed by atoms with Crippen LogP contribution in [-0.2, 0) is 24.1 Å². The number of aliphatic hydroxyl groups excluding tert-OH is 1. The molecule has 2 atom stereocenters. The van der Waals surface area contributed by atoms with Crippen LogP contribution in [-0.4, -0.2) is 75.8 Å². The predicted octanol–water partition coefficient (Wildman–Crippen LogP) is 7.78. The van der Waals surface area contributed by atoms with Crippen LogP contribution in [0.5, 0.6) is 5.75 Å². The van der Waals surface area contributed by atoms with E-state index in [-0.39, 0.29) is 40.2 Å². The Hall–Kier alpha value is -4.75. The van der Waals surface area contributed by atoms with Gasteiger partial charge in [-0.1, -0.05) is 60.2 Å². The summed E-state index contributed by atoms with van der Waals surface area (Å²) in [6.07, 6.45) is 1.46. The molecule has 4 aromatic rings. The van der Waals surface area contributed by atoms with E-state index >= 15 is 0 Å². The van der Waals surface area contributed by atoms with Gasteiger partial charge in [-0.15, -0.1) is 0 Å². The minimum Gasteiger partial charge on any atom is -0.496 e. The van der Waals surface area contributed by atoms with Crippen LogP contribution in [0.15, 0.2) is 66.9 Å². The number of hydrogen-bond donors (Lipinski definition) is 3. The van der Waals surface area contributed by atoms with Crippen LogP contribution >= 0.6 is 11.6 Å². The molecular formula is C40H40ClF3N4O5. The lowest BCUT2D eigenvalue weighted by Gasteiger charge is -2.23. The molecule has 6 rings (SSSR count). The average Bonchev–Trinajstić information content (AvgIpc) is 3.77. The van der Waals surface area contributed by atoms with Gasteiger partial charge in [-0.3, -0.25) is 24.4 Å². The van der Waals surface area contributed by atoms with Crippen LogP contribution in [0.1, 0.15) is 63.1 Å². The molecule has 1 aromatic heterocycles. The molecule has 3 heterocycles. The van der Waals surface area contributed by atoms with Crippen LogP contribution in [0, 0.1) is 6.92 Å². The lowest BCUT2D eigenvalue weighted by molar-refractivity contribution is -0.142. The third kappa shape index (κ3) is 8.73. The van der Waals surface area contributed by atoms with Crippen LogP contribution in [0.25, 0.3) is 23.3 Å². The Balaban J connectivity index is 1.22. The van der Waals surface area contributed by atoms with Gasteiger partial charge in [-0.05, 0) is 84.8 Å². The minimum atomic E-state index is -4.68. The fraction of sp³-hybridized carbons (Fsp3) is 0.325. The Morgan fingerprint density at radius 2 is 1.77 bits per heavy atom. The first-order chi connectivity index (χ1) is 25.3. The summed E-state index contributed by atoms with van der Waals surface area (Å²) in [7, 11) is 1.38. The van der Waals surface area contributed by atoms with Gasteiger partial charge in [-0.25, -0.2) is 0 Å². The number of aromatic nitrogens is 1. The van der Waals surface area contributed by atoms with Gasteiger partial charge in [0.25, 0.3) is 5.91 Å². The summed E-state index contributed by atoms with van der Waals surface area (Å²) in [4.78, 5) is 33.0. The zero-order valence-electron chi connectivity index (χ0n) is 29.3. The summed E-state index contributed by atoms with van der Waals surface area (Å²) >= 11 is 6.86. The van der Waals surface area contributed by atoms with Gasteiger partial charge in [-0.2, -0.15) is 13.2 Å². The number of β-amino-alcohol motifs (C(OH)–C–C–N with tert-alkyl or cyclic N) is 1. The Morgan fingerprint density at radius 3 is 2.45 bits per heavy atom. The molecule has 1 amide bonds. The number of benzene rings is 3. The summed E-state index contributed by atoms with van der Waals surface area (Å²) in [5.74, 6) is -1.20. The number of methoxy groups -OCH3 is 1. The predicted molar refractivity (Wildman–Crippen MR) is 198 cm³/mol. The second-order valence-corrected chi connectivity index (χ2v) is 13.8. The summed E-state index contributed by atoms with van der Waals surface area (Å²) in [6.45, 7) is 4.37. The highest BCUT2D eigenvalue weighted by Crippen LogP contribution is 2.39. The second kappa shape index (κ2) is 16.1. The van der Waals surface area contributed by atoms with E-state index in [2.05, 4.69) is 15.2 Å². The highest BCUT2D eigenvalue weighted by atomic mass is 35.5. The number of nitrogens with one attached hydrogen (secondary N) is 1. The maximum Gasteiger partial charge on any atom is 0.417 e. The molecule has 0 aliphatic carbocycles. The van der Waals surface area contributed by atoms with Gasteiger partial charge in [0.05, 0.1) is 29.5 Å². The highest BCUT2D eigenvalue weighted by molar-refractivity contribution is 6.36. The Labute approximate surface area is 310 Å². The number of likely N-dealkylation sites (tertiary alicyclic amines) is 2. The van der Waals surface area contributed by atoms with Crippen LogP contribution in [0.4, 0.5) is 18.9 Å². The number of carboxylic acids is 1. The maximum absolute atomic E-state index is 14.4. The fourth-order valence-corrected chi connectivity index (χ4v) is 7.32. The third-order valence-electron chi connectivity index (χ3n) is 9.85. The first kappa shape index (κ1) is 38.0.